The highest BCUT2D eigenvalue weighted by atomic mass is 14.9. The van der Waals surface area contributed by atoms with E-state index in [0.717, 1.165) is 25.9 Å². The maximum atomic E-state index is 4.23. The summed E-state index contributed by atoms with van der Waals surface area (Å²) in [5, 5.41) is 3.46. The van der Waals surface area contributed by atoms with E-state index in [1.54, 1.807) is 0 Å². The Morgan fingerprint density at radius 3 is 2.47 bits per heavy atom. The van der Waals surface area contributed by atoms with Crippen LogP contribution in [0.1, 0.15) is 39.2 Å². The second kappa shape index (κ2) is 5.86. The van der Waals surface area contributed by atoms with Gasteiger partial charge < -0.3 is 5.32 Å². The SMILES string of the molecule is CCNCC(CC)(CC)c1cccnc1. The summed E-state index contributed by atoms with van der Waals surface area (Å²) in [6.45, 7) is 8.74. The molecule has 0 fully saturated rings. The van der Waals surface area contributed by atoms with Crippen molar-refractivity contribution >= 4 is 0 Å². The van der Waals surface area contributed by atoms with Crippen LogP contribution in [-0.4, -0.2) is 18.1 Å². The van der Waals surface area contributed by atoms with E-state index in [1.807, 2.05) is 18.5 Å². The summed E-state index contributed by atoms with van der Waals surface area (Å²) < 4.78 is 0. The van der Waals surface area contributed by atoms with Crippen molar-refractivity contribution in [1.29, 1.82) is 0 Å². The van der Waals surface area contributed by atoms with Crippen LogP contribution in [0.25, 0.3) is 0 Å². The van der Waals surface area contributed by atoms with Gasteiger partial charge in [-0.1, -0.05) is 26.8 Å². The lowest BCUT2D eigenvalue weighted by Crippen LogP contribution is -2.37. The molecule has 0 aliphatic carbocycles. The van der Waals surface area contributed by atoms with E-state index in [1.165, 1.54) is 5.56 Å². The van der Waals surface area contributed by atoms with Gasteiger partial charge in [-0.05, 0) is 31.0 Å². The molecule has 0 aliphatic heterocycles. The van der Waals surface area contributed by atoms with Crippen LogP contribution < -0.4 is 5.32 Å². The number of nitrogens with zero attached hydrogens (tertiary/aromatic N) is 1. The Bertz CT molecular complexity index is 265. The monoisotopic (exact) mass is 206 g/mol. The van der Waals surface area contributed by atoms with E-state index in [2.05, 4.69) is 37.1 Å². The molecule has 1 aromatic rings. The molecule has 0 unspecified atom stereocenters. The molecule has 0 spiro atoms. The largest absolute Gasteiger partial charge is 0.316 e. The Hall–Kier alpha value is -0.890. The third kappa shape index (κ3) is 2.78. The highest BCUT2D eigenvalue weighted by Crippen LogP contribution is 2.30. The third-order valence-corrected chi connectivity index (χ3v) is 3.34. The molecule has 1 rings (SSSR count). The predicted molar refractivity (Wildman–Crippen MR) is 65.0 cm³/mol. The summed E-state index contributed by atoms with van der Waals surface area (Å²) in [7, 11) is 0. The van der Waals surface area contributed by atoms with Gasteiger partial charge in [0.05, 0.1) is 0 Å². The molecule has 0 amide bonds. The molecule has 0 aliphatic rings. The maximum Gasteiger partial charge on any atom is 0.0306 e. The van der Waals surface area contributed by atoms with E-state index in [-0.39, 0.29) is 5.41 Å². The molecular formula is C13H22N2. The van der Waals surface area contributed by atoms with E-state index >= 15 is 0 Å². The average Bonchev–Trinajstić information content (AvgIpc) is 2.33. The van der Waals surface area contributed by atoms with E-state index in [9.17, 15) is 0 Å². The van der Waals surface area contributed by atoms with Gasteiger partial charge >= 0.3 is 0 Å². The molecule has 84 valence electrons. The summed E-state index contributed by atoms with van der Waals surface area (Å²) in [4.78, 5) is 4.23. The van der Waals surface area contributed by atoms with Gasteiger partial charge in [-0.15, -0.1) is 0 Å². The molecule has 0 aromatic carbocycles. The number of rotatable bonds is 6. The molecule has 1 heterocycles. The lowest BCUT2D eigenvalue weighted by molar-refractivity contribution is 0.371. The van der Waals surface area contributed by atoms with Crippen molar-refractivity contribution in [2.45, 2.75) is 39.0 Å². The number of aromatic nitrogens is 1. The van der Waals surface area contributed by atoms with Gasteiger partial charge in [0.25, 0.3) is 0 Å². The fraction of sp³-hybridized carbons (Fsp3) is 0.615. The Morgan fingerprint density at radius 1 is 1.27 bits per heavy atom. The molecule has 0 bridgehead atoms. The minimum Gasteiger partial charge on any atom is -0.316 e. The van der Waals surface area contributed by atoms with Gasteiger partial charge in [-0.2, -0.15) is 0 Å². The summed E-state index contributed by atoms with van der Waals surface area (Å²) in [5.74, 6) is 0. The maximum absolute atomic E-state index is 4.23. The summed E-state index contributed by atoms with van der Waals surface area (Å²) in [6.07, 6.45) is 6.15. The second-order valence-electron chi connectivity index (χ2n) is 4.01. The Balaban J connectivity index is 2.89. The van der Waals surface area contributed by atoms with Crippen molar-refractivity contribution in [3.63, 3.8) is 0 Å². The molecule has 0 radical (unpaired) electrons. The Kier molecular flexibility index (Phi) is 4.76. The van der Waals surface area contributed by atoms with E-state index in [0.29, 0.717) is 0 Å². The fourth-order valence-electron chi connectivity index (χ4n) is 2.05. The van der Waals surface area contributed by atoms with Crippen LogP contribution in [0, 0.1) is 0 Å². The van der Waals surface area contributed by atoms with Crippen LogP contribution in [0.15, 0.2) is 24.5 Å². The van der Waals surface area contributed by atoms with Crippen molar-refractivity contribution in [1.82, 2.24) is 10.3 Å². The fourth-order valence-corrected chi connectivity index (χ4v) is 2.05. The lowest BCUT2D eigenvalue weighted by atomic mass is 9.76. The zero-order chi connectivity index (χ0) is 11.1. The molecule has 2 nitrogen and oxygen atoms in total. The van der Waals surface area contributed by atoms with Crippen LogP contribution in [0.5, 0.6) is 0 Å². The average molecular weight is 206 g/mol. The third-order valence-electron chi connectivity index (χ3n) is 3.34. The first-order chi connectivity index (χ1) is 7.29. The van der Waals surface area contributed by atoms with Crippen LogP contribution in [0.4, 0.5) is 0 Å². The van der Waals surface area contributed by atoms with E-state index < -0.39 is 0 Å². The van der Waals surface area contributed by atoms with Gasteiger partial charge in [0, 0.05) is 24.4 Å². The standard InChI is InChI=1S/C13H22N2/c1-4-13(5-2,11-14-6-3)12-8-7-9-15-10-12/h7-10,14H,4-6,11H2,1-3H3. The highest BCUT2D eigenvalue weighted by Gasteiger charge is 2.27. The number of nitrogens with one attached hydrogen (secondary N) is 1. The Labute approximate surface area is 93.1 Å². The minimum absolute atomic E-state index is 0.254. The van der Waals surface area contributed by atoms with Crippen molar-refractivity contribution in [3.05, 3.63) is 30.1 Å². The zero-order valence-electron chi connectivity index (χ0n) is 10.1. The van der Waals surface area contributed by atoms with Crippen molar-refractivity contribution in [2.24, 2.45) is 0 Å². The quantitative estimate of drug-likeness (QED) is 0.774. The normalized spacial score (nSPS) is 11.7. The first-order valence-electron chi connectivity index (χ1n) is 5.90. The van der Waals surface area contributed by atoms with Gasteiger partial charge in [-0.3, -0.25) is 4.98 Å². The van der Waals surface area contributed by atoms with Gasteiger partial charge in [0.2, 0.25) is 0 Å². The molecule has 15 heavy (non-hydrogen) atoms. The van der Waals surface area contributed by atoms with Crippen molar-refractivity contribution in [2.75, 3.05) is 13.1 Å². The molecule has 1 N–H and O–H groups in total. The molecular weight excluding hydrogens is 184 g/mol. The second-order valence-corrected chi connectivity index (χ2v) is 4.01. The molecule has 0 saturated heterocycles. The molecule has 2 heteroatoms. The summed E-state index contributed by atoms with van der Waals surface area (Å²) in [6, 6.07) is 4.22. The lowest BCUT2D eigenvalue weighted by Gasteiger charge is -2.32. The predicted octanol–water partition coefficient (Wildman–Crippen LogP) is 2.75. The Morgan fingerprint density at radius 2 is 2.00 bits per heavy atom. The smallest absolute Gasteiger partial charge is 0.0306 e. The van der Waals surface area contributed by atoms with Crippen molar-refractivity contribution in [3.8, 4) is 0 Å². The number of hydrogen-bond donors (Lipinski definition) is 1. The van der Waals surface area contributed by atoms with Gasteiger partial charge in [0.1, 0.15) is 0 Å². The molecule has 0 saturated carbocycles. The number of pyridine rings is 1. The minimum atomic E-state index is 0.254. The molecule has 0 atom stereocenters. The topological polar surface area (TPSA) is 24.9 Å². The van der Waals surface area contributed by atoms with Crippen LogP contribution in [0.2, 0.25) is 0 Å². The van der Waals surface area contributed by atoms with Gasteiger partial charge in [-0.25, -0.2) is 0 Å². The molecule has 1 aromatic heterocycles. The van der Waals surface area contributed by atoms with Crippen LogP contribution in [0.3, 0.4) is 0 Å². The van der Waals surface area contributed by atoms with Crippen molar-refractivity contribution < 1.29 is 0 Å². The number of likely N-dealkylation sites (N-methyl/N-ethyl adjacent to an activating group) is 1. The summed E-state index contributed by atoms with van der Waals surface area (Å²) in [5.41, 5.74) is 1.61. The summed E-state index contributed by atoms with van der Waals surface area (Å²) >= 11 is 0. The zero-order valence-corrected chi connectivity index (χ0v) is 10.1. The first kappa shape index (κ1) is 12.2. The van der Waals surface area contributed by atoms with E-state index in [4.69, 9.17) is 0 Å². The highest BCUT2D eigenvalue weighted by molar-refractivity contribution is 5.22. The first-order valence-corrected chi connectivity index (χ1v) is 5.90. The van der Waals surface area contributed by atoms with Crippen LogP contribution >= 0.6 is 0 Å². The van der Waals surface area contributed by atoms with Gasteiger partial charge in [0.15, 0.2) is 0 Å². The van der Waals surface area contributed by atoms with Crippen LogP contribution in [-0.2, 0) is 5.41 Å². The number of hydrogen-bond acceptors (Lipinski definition) is 2.